The Kier molecular flexibility index (Phi) is 46.9. The van der Waals surface area contributed by atoms with E-state index in [1.807, 2.05) is 68.0 Å². The smallest absolute Gasteiger partial charge is 0.348 e. The molecule has 0 amide bonds. The molecule has 0 spiro atoms. The van der Waals surface area contributed by atoms with Gasteiger partial charge < -0.3 is 18.9 Å². The number of aryl methyl sites for hydroxylation is 4. The van der Waals surface area contributed by atoms with Crippen molar-refractivity contribution in [2.75, 3.05) is 26.4 Å². The normalized spacial score (nSPS) is 12.5. The van der Waals surface area contributed by atoms with E-state index in [1.54, 1.807) is 34.8 Å². The van der Waals surface area contributed by atoms with Crippen LogP contribution in [0.4, 0.5) is 0 Å². The van der Waals surface area contributed by atoms with Crippen molar-refractivity contribution in [1.82, 2.24) is 0 Å². The summed E-state index contributed by atoms with van der Waals surface area (Å²) >= 11 is 14.9. The number of hydrogen-bond donors (Lipinski definition) is 0. The maximum atomic E-state index is 13.5. The third-order valence-electron chi connectivity index (χ3n) is 24.2. The van der Waals surface area contributed by atoms with Crippen LogP contribution in [0.3, 0.4) is 0 Å². The Morgan fingerprint density at radius 2 is 0.598 bits per heavy atom. The van der Waals surface area contributed by atoms with E-state index in [0.717, 1.165) is 160 Å². The fraction of sp³-hybridized carbons (Fsp3) is 0.604. The SMILES string of the molecule is CCCCCCCCOC(=O)/C(C#N)=C\c1cc(CCCCCCCC)c(-c2ccc(-c3sc(-c4cc5c(OCC(CC)CCCC)c6sc(-c7cc(CCCCCCCC)c(-c8ccc(-c9sc(/C=C(\C#N)C(=O)OCCCCCCCC)cc9CCCCCCCC)s8)s7)cc6c(OCC(CC)CCCC)c5s4)cc3CCCCCCCC)s2)s1. The van der Waals surface area contributed by atoms with E-state index >= 15 is 0 Å². The van der Waals surface area contributed by atoms with Gasteiger partial charge in [-0.25, -0.2) is 9.59 Å². The molecule has 8 heterocycles. The fourth-order valence-electron chi connectivity index (χ4n) is 16.5. The Morgan fingerprint density at radius 1 is 0.320 bits per heavy atom. The first-order valence-electron chi connectivity index (χ1n) is 48.5. The molecule has 0 bridgehead atoms. The van der Waals surface area contributed by atoms with Gasteiger partial charge in [-0.05, 0) is 184 Å². The van der Waals surface area contributed by atoms with E-state index in [-0.39, 0.29) is 11.1 Å². The summed E-state index contributed by atoms with van der Waals surface area (Å²) in [5, 5.41) is 23.1. The summed E-state index contributed by atoms with van der Waals surface area (Å²) in [6, 6.07) is 28.4. The van der Waals surface area contributed by atoms with Crippen molar-refractivity contribution in [3.8, 4) is 82.2 Å². The minimum atomic E-state index is -0.526. The van der Waals surface area contributed by atoms with Crippen molar-refractivity contribution < 1.29 is 28.5 Å². The van der Waals surface area contributed by atoms with Crippen LogP contribution in [0.25, 0.3) is 90.9 Å². The van der Waals surface area contributed by atoms with Crippen molar-refractivity contribution >= 4 is 135 Å². The third-order valence-corrected chi connectivity index (χ3v) is 34.3. The highest BCUT2D eigenvalue weighted by Crippen LogP contribution is 2.57. The molecular weight excluding hydrogens is 1650 g/mol. The number of esters is 2. The van der Waals surface area contributed by atoms with Crippen molar-refractivity contribution in [2.24, 2.45) is 11.8 Å². The van der Waals surface area contributed by atoms with E-state index in [9.17, 15) is 20.1 Å². The third kappa shape index (κ3) is 31.4. The lowest BCUT2D eigenvalue weighted by molar-refractivity contribution is -0.139. The van der Waals surface area contributed by atoms with Crippen LogP contribution < -0.4 is 9.47 Å². The van der Waals surface area contributed by atoms with Gasteiger partial charge >= 0.3 is 11.9 Å². The number of rotatable bonds is 66. The number of fused-ring (bicyclic) bond motifs is 2. The van der Waals surface area contributed by atoms with Crippen LogP contribution in [0.1, 0.15) is 384 Å². The highest BCUT2D eigenvalue weighted by Gasteiger charge is 2.29. The number of thiophene rings is 8. The average Bonchev–Trinajstić information content (AvgIpc) is 1.57. The molecule has 0 saturated heterocycles. The molecule has 122 heavy (non-hydrogen) atoms. The van der Waals surface area contributed by atoms with E-state index in [4.69, 9.17) is 18.9 Å². The summed E-state index contributed by atoms with van der Waals surface area (Å²) in [6.45, 7) is 24.9. The molecule has 0 fully saturated rings. The van der Waals surface area contributed by atoms with E-state index in [2.05, 4.69) is 142 Å². The molecule has 9 aromatic rings. The molecule has 666 valence electrons. The zero-order chi connectivity index (χ0) is 86.5. The standard InChI is InChI=1S/C106H148N2O6S8/c1-11-21-29-35-41-47-55-79-65-85(67-83(73-107)105(109)111-63-51-45-39-33-25-15-5)115-99(79)89-59-61-91(117-89)101-81(57-49-43-37-31-23-13-3)69-93(119-101)95-71-87-97(113-75-77(19-9)53-27-17-7)104-88(98(103(87)121-95)114-76-78(20-10)54-28-18-8)72-96(122-104)94-70-82(58-50-44-38-32-24-14-4)102(120-94)92-62-60-90(118-92)100-80(56-48-42-36-30-22-12-2)66-86(116-100)68-84(74-108)106(110)112-64-52-46-40-34-26-16-6/h59-62,65-72,77-78H,11-58,63-64,75-76H2,1-10H3/b83-67-,84-68+. The molecule has 0 N–H and O–H groups in total. The minimum Gasteiger partial charge on any atom is -0.491 e. The first kappa shape index (κ1) is 100. The number of benzene rings is 1. The van der Waals surface area contributed by atoms with Gasteiger partial charge in [0.15, 0.2) is 0 Å². The molecule has 0 saturated carbocycles. The highest BCUT2D eigenvalue weighted by atomic mass is 32.1. The summed E-state index contributed by atoms with van der Waals surface area (Å²) < 4.78 is 28.9. The molecule has 8 nitrogen and oxygen atoms in total. The second kappa shape index (κ2) is 57.2. The lowest BCUT2D eigenvalue weighted by Crippen LogP contribution is -2.12. The van der Waals surface area contributed by atoms with Crippen molar-refractivity contribution in [3.63, 3.8) is 0 Å². The topological polar surface area (TPSA) is 119 Å². The van der Waals surface area contributed by atoms with Crippen LogP contribution in [0.5, 0.6) is 11.5 Å². The molecule has 2 unspecified atom stereocenters. The molecule has 9 rings (SSSR count). The summed E-state index contributed by atoms with van der Waals surface area (Å²) in [6.07, 6.45) is 59.2. The van der Waals surface area contributed by atoms with Crippen LogP contribution in [0, 0.1) is 34.5 Å². The number of carbonyl (C=O) groups is 2. The van der Waals surface area contributed by atoms with Crippen LogP contribution in [0.2, 0.25) is 0 Å². The van der Waals surface area contributed by atoms with Gasteiger partial charge in [-0.1, -0.05) is 300 Å². The second-order valence-corrected chi connectivity index (χ2v) is 42.8. The predicted octanol–water partition coefficient (Wildman–Crippen LogP) is 36.9. The molecular formula is C106H148N2O6S8. The lowest BCUT2D eigenvalue weighted by Gasteiger charge is -2.19. The maximum absolute atomic E-state index is 13.5. The summed E-state index contributed by atoms with van der Waals surface area (Å²) in [7, 11) is 0. The van der Waals surface area contributed by atoms with Crippen molar-refractivity contribution in [3.05, 3.63) is 104 Å². The van der Waals surface area contributed by atoms with Crippen LogP contribution in [-0.4, -0.2) is 38.4 Å². The molecule has 8 aromatic heterocycles. The Labute approximate surface area is 769 Å². The highest BCUT2D eigenvalue weighted by molar-refractivity contribution is 7.31. The average molecular weight is 1800 g/mol. The van der Waals surface area contributed by atoms with Gasteiger partial charge in [0.2, 0.25) is 0 Å². The number of unbranched alkanes of at least 4 members (excludes halogenated alkanes) is 32. The monoisotopic (exact) mass is 1800 g/mol. The summed E-state index contributed by atoms with van der Waals surface area (Å²) in [5.41, 5.74) is 5.56. The molecule has 16 heteroatoms. The van der Waals surface area contributed by atoms with Gasteiger partial charge in [-0.2, -0.15) is 10.5 Å². The minimum absolute atomic E-state index is 0.0661. The van der Waals surface area contributed by atoms with Crippen molar-refractivity contribution in [1.29, 1.82) is 10.5 Å². The molecule has 0 aliphatic rings. The zero-order valence-electron chi connectivity index (χ0n) is 76.5. The second-order valence-electron chi connectivity index (χ2n) is 34.3. The largest absolute Gasteiger partial charge is 0.491 e. The van der Waals surface area contributed by atoms with E-state index in [0.29, 0.717) is 38.3 Å². The summed E-state index contributed by atoms with van der Waals surface area (Å²) in [4.78, 5) is 44.2. The van der Waals surface area contributed by atoms with Gasteiger partial charge in [-0.3, -0.25) is 0 Å². The maximum Gasteiger partial charge on any atom is 0.348 e. The number of carbonyl (C=O) groups excluding carboxylic acids is 2. The predicted molar refractivity (Wildman–Crippen MR) is 539 cm³/mol. The molecule has 2 atom stereocenters. The quantitative estimate of drug-likeness (QED) is 0.0160. The number of nitriles is 2. The van der Waals surface area contributed by atoms with Gasteiger partial charge in [0.25, 0.3) is 0 Å². The van der Waals surface area contributed by atoms with Gasteiger partial charge in [-0.15, -0.1) is 90.7 Å². The van der Waals surface area contributed by atoms with Crippen LogP contribution in [0.15, 0.2) is 71.8 Å². The lowest BCUT2D eigenvalue weighted by atomic mass is 10.0. The zero-order valence-corrected chi connectivity index (χ0v) is 83.0. The Bertz CT molecular complexity index is 4330. The molecule has 0 aliphatic carbocycles. The van der Waals surface area contributed by atoms with Gasteiger partial charge in [0.1, 0.15) is 34.8 Å². The first-order chi connectivity index (χ1) is 59.9. The van der Waals surface area contributed by atoms with Gasteiger partial charge in [0.05, 0.1) is 35.8 Å². The van der Waals surface area contributed by atoms with Crippen LogP contribution in [-0.2, 0) is 44.7 Å². The fourth-order valence-corrected chi connectivity index (χ4v) is 26.3. The first-order valence-corrected chi connectivity index (χ1v) is 55.0. The Morgan fingerprint density at radius 3 is 0.902 bits per heavy atom. The van der Waals surface area contributed by atoms with E-state index < -0.39 is 11.9 Å². The van der Waals surface area contributed by atoms with E-state index in [1.165, 1.54) is 270 Å². The Hall–Kier alpha value is -5.66. The Balaban J connectivity index is 1.14. The van der Waals surface area contributed by atoms with Crippen LogP contribution >= 0.6 is 90.7 Å². The van der Waals surface area contributed by atoms with Gasteiger partial charge in [0, 0.05) is 79.1 Å². The molecule has 1 aromatic carbocycles. The number of hydrogen-bond acceptors (Lipinski definition) is 16. The molecule has 0 aliphatic heterocycles. The number of nitrogens with zero attached hydrogens (tertiary/aromatic N) is 2. The summed E-state index contributed by atoms with van der Waals surface area (Å²) in [5.74, 6) is 1.80. The molecule has 0 radical (unpaired) electrons. The van der Waals surface area contributed by atoms with Crippen molar-refractivity contribution in [2.45, 2.75) is 377 Å². The number of ether oxygens (including phenoxy) is 4.